The van der Waals surface area contributed by atoms with Gasteiger partial charge in [0, 0.05) is 12.1 Å². The van der Waals surface area contributed by atoms with E-state index in [9.17, 15) is 0 Å². The highest BCUT2D eigenvalue weighted by atomic mass is 35.5. The Morgan fingerprint density at radius 2 is 2.15 bits per heavy atom. The number of hydrogen-bond acceptors (Lipinski definition) is 2. The lowest BCUT2D eigenvalue weighted by molar-refractivity contribution is 0.760. The summed E-state index contributed by atoms with van der Waals surface area (Å²) in [6.07, 6.45) is 4.30. The minimum Gasteiger partial charge on any atom is -0.379 e. The minimum atomic E-state index is 0.579. The number of benzene rings is 1. The van der Waals surface area contributed by atoms with Crippen LogP contribution in [-0.4, -0.2) is 9.97 Å². The summed E-state index contributed by atoms with van der Waals surface area (Å²) in [5.74, 6) is 0.982. The van der Waals surface area contributed by atoms with Crippen molar-refractivity contribution in [3.05, 3.63) is 46.5 Å². The summed E-state index contributed by atoms with van der Waals surface area (Å²) in [4.78, 5) is 7.67. The van der Waals surface area contributed by atoms with Gasteiger partial charge in [0.05, 0.1) is 12.2 Å². The molecule has 3 nitrogen and oxygen atoms in total. The molecule has 2 aromatic rings. The Kier molecular flexibility index (Phi) is 5.48. The van der Waals surface area contributed by atoms with E-state index in [-0.39, 0.29) is 0 Å². The van der Waals surface area contributed by atoms with Crippen molar-refractivity contribution in [2.45, 2.75) is 46.1 Å². The zero-order chi connectivity index (χ0) is 14.4. The summed E-state index contributed by atoms with van der Waals surface area (Å²) in [5.41, 5.74) is 3.40. The van der Waals surface area contributed by atoms with Crippen LogP contribution in [0.2, 0.25) is 5.15 Å². The standard InChI is InChI=1S/C16H22ClN3/c1-3-5-9-15-19-14(16(17)20-15)11-18-13-8-6-7-12(4-2)10-13/h6-8,10,18H,3-5,9,11H2,1-2H3,(H,19,20). The van der Waals surface area contributed by atoms with E-state index in [0.29, 0.717) is 11.7 Å². The Morgan fingerprint density at radius 1 is 1.30 bits per heavy atom. The van der Waals surface area contributed by atoms with Crippen molar-refractivity contribution in [1.29, 1.82) is 0 Å². The van der Waals surface area contributed by atoms with Crippen molar-refractivity contribution >= 4 is 17.3 Å². The Hall–Kier alpha value is -1.48. The SMILES string of the molecule is CCCCc1nc(Cl)c(CNc2cccc(CC)c2)[nH]1. The molecule has 2 rings (SSSR count). The van der Waals surface area contributed by atoms with Crippen molar-refractivity contribution in [3.8, 4) is 0 Å². The van der Waals surface area contributed by atoms with Crippen molar-refractivity contribution in [1.82, 2.24) is 9.97 Å². The smallest absolute Gasteiger partial charge is 0.152 e. The van der Waals surface area contributed by atoms with Crippen molar-refractivity contribution in [3.63, 3.8) is 0 Å². The first-order chi connectivity index (χ1) is 9.72. The molecule has 4 heteroatoms. The van der Waals surface area contributed by atoms with Crippen LogP contribution in [0.15, 0.2) is 24.3 Å². The molecule has 0 fully saturated rings. The maximum atomic E-state index is 6.17. The van der Waals surface area contributed by atoms with E-state index >= 15 is 0 Å². The summed E-state index contributed by atoms with van der Waals surface area (Å²) in [7, 11) is 0. The summed E-state index contributed by atoms with van der Waals surface area (Å²) in [5, 5.41) is 3.97. The van der Waals surface area contributed by atoms with Gasteiger partial charge in [-0.1, -0.05) is 44.0 Å². The summed E-state index contributed by atoms with van der Waals surface area (Å²) in [6.45, 7) is 5.00. The number of aromatic amines is 1. The number of anilines is 1. The van der Waals surface area contributed by atoms with Gasteiger partial charge in [-0.05, 0) is 30.5 Å². The number of aromatic nitrogens is 2. The molecule has 0 aliphatic carbocycles. The van der Waals surface area contributed by atoms with Gasteiger partial charge in [-0.25, -0.2) is 4.98 Å². The molecule has 1 heterocycles. The third-order valence-corrected chi connectivity index (χ3v) is 3.66. The molecular weight excluding hydrogens is 270 g/mol. The van der Waals surface area contributed by atoms with Gasteiger partial charge in [-0.2, -0.15) is 0 Å². The monoisotopic (exact) mass is 291 g/mol. The second-order valence-electron chi connectivity index (χ2n) is 4.96. The van der Waals surface area contributed by atoms with Gasteiger partial charge in [-0.15, -0.1) is 0 Å². The lowest BCUT2D eigenvalue weighted by Gasteiger charge is -2.06. The first-order valence-corrected chi connectivity index (χ1v) is 7.66. The third kappa shape index (κ3) is 4.01. The van der Waals surface area contributed by atoms with Gasteiger partial charge in [-0.3, -0.25) is 0 Å². The molecule has 0 atom stereocenters. The van der Waals surface area contributed by atoms with Crippen LogP contribution in [0.25, 0.3) is 0 Å². The molecule has 0 saturated heterocycles. The fourth-order valence-electron chi connectivity index (χ4n) is 2.11. The first kappa shape index (κ1) is 14.9. The van der Waals surface area contributed by atoms with E-state index in [1.54, 1.807) is 0 Å². The van der Waals surface area contributed by atoms with Crippen LogP contribution < -0.4 is 5.32 Å². The molecule has 1 aromatic heterocycles. The second-order valence-corrected chi connectivity index (χ2v) is 5.32. The molecular formula is C16H22ClN3. The van der Waals surface area contributed by atoms with Crippen LogP contribution in [0.4, 0.5) is 5.69 Å². The van der Waals surface area contributed by atoms with Crippen LogP contribution >= 0.6 is 11.6 Å². The van der Waals surface area contributed by atoms with Crippen molar-refractivity contribution in [2.75, 3.05) is 5.32 Å². The van der Waals surface area contributed by atoms with Gasteiger partial charge >= 0.3 is 0 Å². The van der Waals surface area contributed by atoms with Crippen molar-refractivity contribution in [2.24, 2.45) is 0 Å². The van der Waals surface area contributed by atoms with Gasteiger partial charge in [0.25, 0.3) is 0 Å². The highest BCUT2D eigenvalue weighted by molar-refractivity contribution is 6.30. The highest BCUT2D eigenvalue weighted by Gasteiger charge is 2.07. The fourth-order valence-corrected chi connectivity index (χ4v) is 2.33. The molecule has 0 amide bonds. The number of halogens is 1. The van der Waals surface area contributed by atoms with Gasteiger partial charge in [0.2, 0.25) is 0 Å². The molecule has 2 N–H and O–H groups in total. The summed E-state index contributed by atoms with van der Waals surface area (Å²) >= 11 is 6.17. The average molecular weight is 292 g/mol. The second kappa shape index (κ2) is 7.34. The predicted molar refractivity (Wildman–Crippen MR) is 85.4 cm³/mol. The van der Waals surface area contributed by atoms with Gasteiger partial charge in [0.1, 0.15) is 5.82 Å². The maximum absolute atomic E-state index is 6.17. The Labute approximate surface area is 125 Å². The Bertz CT molecular complexity index is 548. The molecule has 0 aliphatic rings. The number of H-pyrrole nitrogens is 1. The summed E-state index contributed by atoms with van der Waals surface area (Å²) < 4.78 is 0. The molecule has 108 valence electrons. The number of rotatable bonds is 7. The molecule has 0 spiro atoms. The first-order valence-electron chi connectivity index (χ1n) is 7.29. The van der Waals surface area contributed by atoms with Gasteiger partial charge in [0.15, 0.2) is 5.15 Å². The number of nitrogens with one attached hydrogen (secondary N) is 2. The van der Waals surface area contributed by atoms with Crippen LogP contribution in [0, 0.1) is 0 Å². The predicted octanol–water partition coefficient (Wildman–Crippen LogP) is 4.58. The average Bonchev–Trinajstić information content (AvgIpc) is 2.83. The molecule has 0 unspecified atom stereocenters. The van der Waals surface area contributed by atoms with Gasteiger partial charge < -0.3 is 10.3 Å². The Morgan fingerprint density at radius 3 is 2.90 bits per heavy atom. The van der Waals surface area contributed by atoms with E-state index in [0.717, 1.165) is 42.9 Å². The lowest BCUT2D eigenvalue weighted by Crippen LogP contribution is -2.01. The molecule has 0 saturated carbocycles. The van der Waals surface area contributed by atoms with Crippen LogP contribution in [0.3, 0.4) is 0 Å². The summed E-state index contributed by atoms with van der Waals surface area (Å²) in [6, 6.07) is 8.45. The number of hydrogen-bond donors (Lipinski definition) is 2. The highest BCUT2D eigenvalue weighted by Crippen LogP contribution is 2.17. The van der Waals surface area contributed by atoms with Crippen LogP contribution in [0.1, 0.15) is 43.8 Å². The number of aryl methyl sites for hydroxylation is 2. The van der Waals surface area contributed by atoms with E-state index in [1.807, 2.05) is 0 Å². The number of nitrogens with zero attached hydrogens (tertiary/aromatic N) is 1. The lowest BCUT2D eigenvalue weighted by atomic mass is 10.1. The number of unbranched alkanes of at least 4 members (excludes halogenated alkanes) is 1. The fraction of sp³-hybridized carbons (Fsp3) is 0.438. The van der Waals surface area contributed by atoms with E-state index < -0.39 is 0 Å². The van der Waals surface area contributed by atoms with E-state index in [2.05, 4.69) is 53.4 Å². The molecule has 20 heavy (non-hydrogen) atoms. The largest absolute Gasteiger partial charge is 0.379 e. The topological polar surface area (TPSA) is 40.7 Å². The quantitative estimate of drug-likeness (QED) is 0.784. The number of imidazole rings is 1. The molecule has 0 bridgehead atoms. The normalized spacial score (nSPS) is 10.8. The van der Waals surface area contributed by atoms with E-state index in [1.165, 1.54) is 5.56 Å². The molecule has 0 aliphatic heterocycles. The molecule has 0 radical (unpaired) electrons. The maximum Gasteiger partial charge on any atom is 0.152 e. The third-order valence-electron chi connectivity index (χ3n) is 3.35. The minimum absolute atomic E-state index is 0.579. The zero-order valence-corrected chi connectivity index (χ0v) is 12.9. The zero-order valence-electron chi connectivity index (χ0n) is 12.2. The Balaban J connectivity index is 1.97. The van der Waals surface area contributed by atoms with Crippen LogP contribution in [-0.2, 0) is 19.4 Å². The van der Waals surface area contributed by atoms with Crippen molar-refractivity contribution < 1.29 is 0 Å². The van der Waals surface area contributed by atoms with E-state index in [4.69, 9.17) is 11.6 Å². The van der Waals surface area contributed by atoms with Crippen LogP contribution in [0.5, 0.6) is 0 Å². The molecule has 1 aromatic carbocycles.